The lowest BCUT2D eigenvalue weighted by atomic mass is 10.1. The van der Waals surface area contributed by atoms with Crippen molar-refractivity contribution >= 4 is 11.6 Å². The van der Waals surface area contributed by atoms with E-state index in [2.05, 4.69) is 0 Å². The Morgan fingerprint density at radius 1 is 1.16 bits per heavy atom. The SMILES string of the molecule is Cc1c(Cl)c(CCN)cc(OC(C)C)c1OC(C)C. The molecule has 0 aromatic heterocycles. The fourth-order valence-corrected chi connectivity index (χ4v) is 2.11. The van der Waals surface area contributed by atoms with Gasteiger partial charge >= 0.3 is 0 Å². The quantitative estimate of drug-likeness (QED) is 0.866. The molecule has 4 heteroatoms. The highest BCUT2D eigenvalue weighted by atomic mass is 35.5. The predicted molar refractivity (Wildman–Crippen MR) is 80.5 cm³/mol. The molecule has 0 unspecified atom stereocenters. The first kappa shape index (κ1) is 16.1. The van der Waals surface area contributed by atoms with E-state index in [9.17, 15) is 0 Å². The van der Waals surface area contributed by atoms with Gasteiger partial charge in [-0.1, -0.05) is 11.6 Å². The maximum atomic E-state index is 6.38. The van der Waals surface area contributed by atoms with Gasteiger partial charge in [0, 0.05) is 5.56 Å². The van der Waals surface area contributed by atoms with Gasteiger partial charge in [0.1, 0.15) is 0 Å². The second-order valence-electron chi connectivity index (χ2n) is 5.17. The predicted octanol–water partition coefficient (Wildman–Crippen LogP) is 3.72. The molecule has 3 nitrogen and oxygen atoms in total. The molecule has 0 aliphatic heterocycles. The Morgan fingerprint density at radius 3 is 2.21 bits per heavy atom. The minimum atomic E-state index is 0.0737. The van der Waals surface area contributed by atoms with Crippen LogP contribution in [0.5, 0.6) is 11.5 Å². The van der Waals surface area contributed by atoms with E-state index in [-0.39, 0.29) is 12.2 Å². The Morgan fingerprint density at radius 2 is 1.74 bits per heavy atom. The summed E-state index contributed by atoms with van der Waals surface area (Å²) in [7, 11) is 0. The molecule has 0 heterocycles. The van der Waals surface area contributed by atoms with Crippen LogP contribution in [0.15, 0.2) is 6.07 Å². The van der Waals surface area contributed by atoms with Crippen molar-refractivity contribution in [2.45, 2.75) is 53.2 Å². The zero-order chi connectivity index (χ0) is 14.6. The third-order valence-corrected chi connectivity index (χ3v) is 3.14. The monoisotopic (exact) mass is 285 g/mol. The summed E-state index contributed by atoms with van der Waals surface area (Å²) in [4.78, 5) is 0. The van der Waals surface area contributed by atoms with E-state index < -0.39 is 0 Å². The first-order valence-corrected chi connectivity index (χ1v) is 7.10. The second kappa shape index (κ2) is 7.01. The van der Waals surface area contributed by atoms with Crippen LogP contribution in [0.4, 0.5) is 0 Å². The van der Waals surface area contributed by atoms with Crippen molar-refractivity contribution in [1.82, 2.24) is 0 Å². The van der Waals surface area contributed by atoms with Gasteiger partial charge in [-0.3, -0.25) is 0 Å². The molecule has 0 radical (unpaired) electrons. The molecule has 0 spiro atoms. The van der Waals surface area contributed by atoms with Crippen LogP contribution in [-0.2, 0) is 6.42 Å². The van der Waals surface area contributed by atoms with E-state index in [0.717, 1.165) is 34.1 Å². The molecule has 0 bridgehead atoms. The lowest BCUT2D eigenvalue weighted by molar-refractivity contribution is 0.197. The third kappa shape index (κ3) is 4.29. The molecule has 108 valence electrons. The smallest absolute Gasteiger partial charge is 0.165 e. The summed E-state index contributed by atoms with van der Waals surface area (Å²) >= 11 is 6.38. The Labute approximate surface area is 121 Å². The maximum Gasteiger partial charge on any atom is 0.165 e. The van der Waals surface area contributed by atoms with E-state index in [1.807, 2.05) is 40.7 Å². The van der Waals surface area contributed by atoms with Crippen LogP contribution in [0.3, 0.4) is 0 Å². The molecule has 19 heavy (non-hydrogen) atoms. The van der Waals surface area contributed by atoms with Crippen LogP contribution in [0, 0.1) is 6.92 Å². The van der Waals surface area contributed by atoms with E-state index in [1.54, 1.807) is 0 Å². The minimum absolute atomic E-state index is 0.0737. The fourth-order valence-electron chi connectivity index (χ4n) is 1.87. The van der Waals surface area contributed by atoms with Crippen molar-refractivity contribution < 1.29 is 9.47 Å². The summed E-state index contributed by atoms with van der Waals surface area (Å²) in [6.45, 7) is 10.5. The normalized spacial score (nSPS) is 11.2. The summed E-state index contributed by atoms with van der Waals surface area (Å²) in [5.74, 6) is 1.48. The van der Waals surface area contributed by atoms with E-state index in [1.165, 1.54) is 0 Å². The van der Waals surface area contributed by atoms with Crippen LogP contribution >= 0.6 is 11.6 Å². The molecule has 0 amide bonds. The first-order chi connectivity index (χ1) is 8.86. The Balaban J connectivity index is 3.28. The lowest BCUT2D eigenvalue weighted by Gasteiger charge is -2.21. The van der Waals surface area contributed by atoms with Gasteiger partial charge in [0.25, 0.3) is 0 Å². The van der Waals surface area contributed by atoms with Crippen molar-refractivity contribution in [2.24, 2.45) is 5.73 Å². The van der Waals surface area contributed by atoms with Gasteiger partial charge in [-0.2, -0.15) is 0 Å². The highest BCUT2D eigenvalue weighted by Crippen LogP contribution is 2.39. The van der Waals surface area contributed by atoms with Crippen molar-refractivity contribution in [3.05, 3.63) is 22.2 Å². The molecule has 1 aromatic rings. The number of halogens is 1. The first-order valence-electron chi connectivity index (χ1n) is 6.72. The molecule has 0 aliphatic carbocycles. The van der Waals surface area contributed by atoms with Crippen molar-refractivity contribution in [1.29, 1.82) is 0 Å². The molecular formula is C15H24ClNO2. The number of nitrogens with two attached hydrogens (primary N) is 1. The number of benzene rings is 1. The van der Waals surface area contributed by atoms with Crippen molar-refractivity contribution in [3.63, 3.8) is 0 Å². The van der Waals surface area contributed by atoms with Crippen LogP contribution in [0.1, 0.15) is 38.8 Å². The Bertz CT molecular complexity index is 431. The van der Waals surface area contributed by atoms with Gasteiger partial charge in [0.2, 0.25) is 0 Å². The van der Waals surface area contributed by atoms with Crippen LogP contribution in [0.25, 0.3) is 0 Å². The summed E-state index contributed by atoms with van der Waals surface area (Å²) in [6.07, 6.45) is 0.890. The molecular weight excluding hydrogens is 262 g/mol. The van der Waals surface area contributed by atoms with E-state index in [4.69, 9.17) is 26.8 Å². The summed E-state index contributed by atoms with van der Waals surface area (Å²) in [5.41, 5.74) is 7.54. The standard InChI is InChI=1S/C15H24ClNO2/c1-9(2)18-13-8-12(6-7-17)14(16)11(5)15(13)19-10(3)4/h8-10H,6-7,17H2,1-5H3. The molecule has 0 aliphatic rings. The largest absolute Gasteiger partial charge is 0.487 e. The molecule has 1 aromatic carbocycles. The highest BCUT2D eigenvalue weighted by molar-refractivity contribution is 6.32. The van der Waals surface area contributed by atoms with Gasteiger partial charge in [-0.25, -0.2) is 0 Å². The number of hydrogen-bond donors (Lipinski definition) is 1. The molecule has 2 N–H and O–H groups in total. The summed E-state index contributed by atoms with van der Waals surface area (Å²) in [5, 5.41) is 0.720. The second-order valence-corrected chi connectivity index (χ2v) is 5.55. The molecule has 1 rings (SSSR count). The van der Waals surface area contributed by atoms with Crippen molar-refractivity contribution in [2.75, 3.05) is 6.54 Å². The number of ether oxygens (including phenoxy) is 2. The van der Waals surface area contributed by atoms with Gasteiger partial charge in [-0.05, 0) is 59.2 Å². The van der Waals surface area contributed by atoms with E-state index in [0.29, 0.717) is 6.54 Å². The van der Waals surface area contributed by atoms with Crippen LogP contribution < -0.4 is 15.2 Å². The van der Waals surface area contributed by atoms with E-state index >= 15 is 0 Å². The van der Waals surface area contributed by atoms with Crippen LogP contribution in [-0.4, -0.2) is 18.8 Å². The molecule has 0 saturated carbocycles. The molecule has 0 atom stereocenters. The van der Waals surface area contributed by atoms with Crippen LogP contribution in [0.2, 0.25) is 5.02 Å². The maximum absolute atomic E-state index is 6.38. The summed E-state index contributed by atoms with van der Waals surface area (Å²) in [6, 6.07) is 1.94. The van der Waals surface area contributed by atoms with Crippen molar-refractivity contribution in [3.8, 4) is 11.5 Å². The fraction of sp³-hybridized carbons (Fsp3) is 0.600. The zero-order valence-corrected chi connectivity index (χ0v) is 13.2. The number of rotatable bonds is 6. The summed E-state index contributed by atoms with van der Waals surface area (Å²) < 4.78 is 11.7. The molecule has 0 saturated heterocycles. The zero-order valence-electron chi connectivity index (χ0n) is 12.4. The average molecular weight is 286 g/mol. The Kier molecular flexibility index (Phi) is 5.95. The number of hydrogen-bond acceptors (Lipinski definition) is 3. The highest BCUT2D eigenvalue weighted by Gasteiger charge is 2.18. The topological polar surface area (TPSA) is 44.5 Å². The lowest BCUT2D eigenvalue weighted by Crippen LogP contribution is -2.13. The van der Waals surface area contributed by atoms with Gasteiger partial charge in [0.15, 0.2) is 11.5 Å². The van der Waals surface area contributed by atoms with Gasteiger partial charge in [0.05, 0.1) is 17.2 Å². The minimum Gasteiger partial charge on any atom is -0.487 e. The van der Waals surface area contributed by atoms with Gasteiger partial charge < -0.3 is 15.2 Å². The average Bonchev–Trinajstić information content (AvgIpc) is 2.30. The van der Waals surface area contributed by atoms with Gasteiger partial charge in [-0.15, -0.1) is 0 Å². The molecule has 0 fully saturated rings. The Hall–Kier alpha value is -0.930. The third-order valence-electron chi connectivity index (χ3n) is 2.61.